The molecule has 3 atom stereocenters. The Morgan fingerprint density at radius 3 is 2.00 bits per heavy atom. The number of nitrogens with two attached hydrogens (primary N) is 2. The summed E-state index contributed by atoms with van der Waals surface area (Å²) in [6, 6.07) is -2.21. The number of nitrogens with one attached hydrogen (secondary N) is 2. The van der Waals surface area contributed by atoms with Crippen LogP contribution >= 0.6 is 0 Å². The largest absolute Gasteiger partial charge is 0.467 e. The van der Waals surface area contributed by atoms with E-state index in [0.29, 0.717) is 25.8 Å². The molecule has 0 spiro atoms. The number of hydrogen-bond acceptors (Lipinski definition) is 6. The van der Waals surface area contributed by atoms with E-state index in [1.165, 1.54) is 7.11 Å². The van der Waals surface area contributed by atoms with Crippen LogP contribution < -0.4 is 22.1 Å². The van der Waals surface area contributed by atoms with Gasteiger partial charge in [0.15, 0.2) is 0 Å². The van der Waals surface area contributed by atoms with E-state index in [4.69, 9.17) is 16.2 Å². The first-order chi connectivity index (χ1) is 12.1. The third kappa shape index (κ3) is 9.15. The molecule has 0 saturated heterocycles. The van der Waals surface area contributed by atoms with Gasteiger partial charge in [-0.15, -0.1) is 0 Å². The minimum atomic E-state index is -0.760. The Morgan fingerprint density at radius 1 is 0.962 bits per heavy atom. The van der Waals surface area contributed by atoms with Crippen molar-refractivity contribution >= 4 is 17.8 Å². The van der Waals surface area contributed by atoms with Crippen molar-refractivity contribution in [2.24, 2.45) is 23.3 Å². The highest BCUT2D eigenvalue weighted by Crippen LogP contribution is 2.09. The number of methoxy groups -OCH3 is 1. The van der Waals surface area contributed by atoms with Gasteiger partial charge in [0.25, 0.3) is 0 Å². The summed E-state index contributed by atoms with van der Waals surface area (Å²) in [4.78, 5) is 36.8. The van der Waals surface area contributed by atoms with Gasteiger partial charge in [0.05, 0.1) is 13.2 Å². The summed E-state index contributed by atoms with van der Waals surface area (Å²) in [5, 5.41) is 5.41. The average Bonchev–Trinajstić information content (AvgIpc) is 2.58. The van der Waals surface area contributed by atoms with E-state index in [2.05, 4.69) is 10.6 Å². The highest BCUT2D eigenvalue weighted by atomic mass is 16.5. The lowest BCUT2D eigenvalue weighted by molar-refractivity contribution is -0.145. The third-order valence-corrected chi connectivity index (χ3v) is 4.11. The van der Waals surface area contributed by atoms with Crippen LogP contribution in [0.2, 0.25) is 0 Å². The zero-order valence-corrected chi connectivity index (χ0v) is 16.7. The van der Waals surface area contributed by atoms with Crippen molar-refractivity contribution < 1.29 is 19.1 Å². The summed E-state index contributed by atoms with van der Waals surface area (Å²) < 4.78 is 4.76. The second-order valence-electron chi connectivity index (χ2n) is 7.33. The van der Waals surface area contributed by atoms with Crippen LogP contribution in [-0.2, 0) is 19.1 Å². The molecule has 0 radical (unpaired) electrons. The van der Waals surface area contributed by atoms with E-state index < -0.39 is 30.0 Å². The van der Waals surface area contributed by atoms with Crippen molar-refractivity contribution in [3.8, 4) is 0 Å². The minimum Gasteiger partial charge on any atom is -0.467 e. The topological polar surface area (TPSA) is 137 Å². The highest BCUT2D eigenvalue weighted by molar-refractivity contribution is 5.92. The molecule has 8 nitrogen and oxygen atoms in total. The second-order valence-corrected chi connectivity index (χ2v) is 7.33. The van der Waals surface area contributed by atoms with E-state index in [9.17, 15) is 14.4 Å². The fourth-order valence-corrected chi connectivity index (χ4v) is 2.43. The Morgan fingerprint density at radius 2 is 1.54 bits per heavy atom. The van der Waals surface area contributed by atoms with Crippen LogP contribution in [0.3, 0.4) is 0 Å². The number of ether oxygens (including phenoxy) is 1. The van der Waals surface area contributed by atoms with Gasteiger partial charge in [-0.1, -0.05) is 27.7 Å². The molecule has 0 aromatic carbocycles. The van der Waals surface area contributed by atoms with Crippen molar-refractivity contribution in [1.82, 2.24) is 10.6 Å². The zero-order chi connectivity index (χ0) is 20.3. The van der Waals surface area contributed by atoms with Crippen LogP contribution in [0.4, 0.5) is 0 Å². The molecule has 0 saturated carbocycles. The molecule has 0 rings (SSSR count). The van der Waals surface area contributed by atoms with E-state index >= 15 is 0 Å². The molecule has 0 aromatic heterocycles. The van der Waals surface area contributed by atoms with Crippen LogP contribution in [0.5, 0.6) is 0 Å². The summed E-state index contributed by atoms with van der Waals surface area (Å²) in [7, 11) is 1.28. The summed E-state index contributed by atoms with van der Waals surface area (Å²) in [6.07, 6.45) is 2.32. The van der Waals surface area contributed by atoms with Gasteiger partial charge in [0.1, 0.15) is 12.1 Å². The summed E-state index contributed by atoms with van der Waals surface area (Å²) in [5.41, 5.74) is 11.3. The Hall–Kier alpha value is -1.67. The monoisotopic (exact) mass is 372 g/mol. The molecule has 0 aliphatic rings. The van der Waals surface area contributed by atoms with Crippen LogP contribution in [-0.4, -0.2) is 49.6 Å². The fraction of sp³-hybridized carbons (Fsp3) is 0.833. The Labute approximate surface area is 156 Å². The number of carbonyl (C=O) groups is 3. The lowest BCUT2D eigenvalue weighted by atomic mass is 10.00. The van der Waals surface area contributed by atoms with Gasteiger partial charge in [-0.25, -0.2) is 4.79 Å². The maximum atomic E-state index is 12.7. The molecule has 26 heavy (non-hydrogen) atoms. The van der Waals surface area contributed by atoms with Gasteiger partial charge in [0, 0.05) is 0 Å². The molecule has 0 fully saturated rings. The van der Waals surface area contributed by atoms with Crippen molar-refractivity contribution in [2.45, 2.75) is 71.5 Å². The first-order valence-electron chi connectivity index (χ1n) is 9.28. The van der Waals surface area contributed by atoms with Crippen LogP contribution in [0.25, 0.3) is 0 Å². The van der Waals surface area contributed by atoms with Crippen molar-refractivity contribution in [3.63, 3.8) is 0 Å². The summed E-state index contributed by atoms with van der Waals surface area (Å²) in [5.74, 6) is -1.17. The maximum absolute atomic E-state index is 12.7. The molecule has 0 bridgehead atoms. The third-order valence-electron chi connectivity index (χ3n) is 4.11. The smallest absolute Gasteiger partial charge is 0.328 e. The van der Waals surface area contributed by atoms with Crippen LogP contribution in [0.15, 0.2) is 0 Å². The number of amides is 2. The van der Waals surface area contributed by atoms with E-state index in [1.807, 2.05) is 27.7 Å². The predicted octanol–water partition coefficient (Wildman–Crippen LogP) is 0.287. The minimum absolute atomic E-state index is 0.0446. The van der Waals surface area contributed by atoms with Gasteiger partial charge in [0.2, 0.25) is 11.8 Å². The normalized spacial score (nSPS) is 14.7. The fourth-order valence-electron chi connectivity index (χ4n) is 2.43. The summed E-state index contributed by atoms with van der Waals surface area (Å²) in [6.45, 7) is 8.10. The Kier molecular flexibility index (Phi) is 11.8. The van der Waals surface area contributed by atoms with Crippen LogP contribution in [0.1, 0.15) is 53.4 Å². The highest BCUT2D eigenvalue weighted by Gasteiger charge is 2.29. The molecule has 0 heterocycles. The molecule has 152 valence electrons. The van der Waals surface area contributed by atoms with E-state index in [-0.39, 0.29) is 17.7 Å². The van der Waals surface area contributed by atoms with Gasteiger partial charge in [-0.3, -0.25) is 9.59 Å². The molecule has 6 N–H and O–H groups in total. The van der Waals surface area contributed by atoms with Crippen LogP contribution in [0, 0.1) is 11.8 Å². The lowest BCUT2D eigenvalue weighted by Crippen LogP contribution is -2.55. The Bertz CT molecular complexity index is 454. The quantitative estimate of drug-likeness (QED) is 0.287. The van der Waals surface area contributed by atoms with E-state index in [1.54, 1.807) is 0 Å². The molecular formula is C18H36N4O4. The number of unbranched alkanes of at least 4 members (excludes halogenated alkanes) is 1. The average molecular weight is 373 g/mol. The number of rotatable bonds is 12. The zero-order valence-electron chi connectivity index (χ0n) is 16.7. The SMILES string of the molecule is COC(=O)[C@H](CCCCN)NC(=O)[C@H](CC(C)C)NC(=O)[C@H](N)C(C)C. The second kappa shape index (κ2) is 12.6. The maximum Gasteiger partial charge on any atom is 0.328 e. The van der Waals surface area contributed by atoms with Gasteiger partial charge in [-0.2, -0.15) is 0 Å². The van der Waals surface area contributed by atoms with Gasteiger partial charge >= 0.3 is 5.97 Å². The standard InChI is InChI=1S/C18H36N4O4/c1-11(2)10-14(22-17(24)15(20)12(3)4)16(23)21-13(18(25)26-5)8-6-7-9-19/h11-15H,6-10,19-20H2,1-5H3,(H,21,23)(H,22,24)/t13-,14-,15+/m0/s1. The van der Waals surface area contributed by atoms with Crippen molar-refractivity contribution in [3.05, 3.63) is 0 Å². The molecular weight excluding hydrogens is 336 g/mol. The molecule has 2 amide bonds. The van der Waals surface area contributed by atoms with Crippen molar-refractivity contribution in [1.29, 1.82) is 0 Å². The first kappa shape index (κ1) is 24.3. The Balaban J connectivity index is 5.06. The van der Waals surface area contributed by atoms with Crippen molar-refractivity contribution in [2.75, 3.05) is 13.7 Å². The predicted molar refractivity (Wildman–Crippen MR) is 101 cm³/mol. The molecule has 0 aromatic rings. The summed E-state index contributed by atoms with van der Waals surface area (Å²) >= 11 is 0. The number of carbonyl (C=O) groups excluding carboxylic acids is 3. The molecule has 0 aliphatic carbocycles. The molecule has 8 heteroatoms. The first-order valence-corrected chi connectivity index (χ1v) is 9.28. The molecule has 0 aliphatic heterocycles. The van der Waals surface area contributed by atoms with E-state index in [0.717, 1.165) is 6.42 Å². The lowest BCUT2D eigenvalue weighted by Gasteiger charge is -2.25. The molecule has 0 unspecified atom stereocenters. The number of esters is 1. The number of hydrogen-bond donors (Lipinski definition) is 4. The van der Waals surface area contributed by atoms with Gasteiger partial charge in [-0.05, 0) is 44.1 Å². The van der Waals surface area contributed by atoms with Gasteiger partial charge < -0.3 is 26.8 Å².